The van der Waals surface area contributed by atoms with Gasteiger partial charge in [0.1, 0.15) is 73.2 Å². The summed E-state index contributed by atoms with van der Waals surface area (Å²) in [5.74, 6) is -0.290. The summed E-state index contributed by atoms with van der Waals surface area (Å²) in [4.78, 5) is 13.2. The minimum atomic E-state index is -1.97. The lowest BCUT2D eigenvalue weighted by Gasteiger charge is -2.48. The lowest BCUT2D eigenvalue weighted by Crippen LogP contribution is -2.66. The molecule has 0 aromatic carbocycles. The molecule has 68 heavy (non-hydrogen) atoms. The highest BCUT2D eigenvalue weighted by molar-refractivity contribution is 5.76. The van der Waals surface area contributed by atoms with Gasteiger partial charge in [0, 0.05) is 6.42 Å². The number of amides is 1. The molecule has 17 atom stereocenters. The standard InChI is InChI=1S/C49H89NO18/c1-3-5-7-9-11-13-14-15-16-17-18-19-21-23-25-27-37(55)50-32(33(54)26-24-22-20-12-10-8-6-4-2)31-63-47-43(61)40(58)45(35(29-52)65-47)68-49-44(62)41(59)46(36(30-53)66-49)67-48-42(60)39(57)38(56)34(28-51)64-48/h15-16,24,26,32-36,38-49,51-54,56-62H,3-14,17-23,25,27-31H2,1-2H3,(H,50,55)/b16-15-,26-24+. The molecule has 0 aromatic heterocycles. The van der Waals surface area contributed by atoms with Crippen LogP contribution >= 0.6 is 0 Å². The van der Waals surface area contributed by atoms with Crippen LogP contribution in [0, 0.1) is 0 Å². The third-order valence-electron chi connectivity index (χ3n) is 13.0. The molecular formula is C49H89NO18. The molecule has 17 unspecified atom stereocenters. The Bertz CT molecular complexity index is 1360. The van der Waals surface area contributed by atoms with Gasteiger partial charge in [0.15, 0.2) is 18.9 Å². The largest absolute Gasteiger partial charge is 0.394 e. The molecule has 0 aliphatic carbocycles. The monoisotopic (exact) mass is 980 g/mol. The van der Waals surface area contributed by atoms with Crippen molar-refractivity contribution in [3.05, 3.63) is 24.3 Å². The Morgan fingerprint density at radius 1 is 0.515 bits per heavy atom. The fourth-order valence-corrected chi connectivity index (χ4v) is 8.65. The van der Waals surface area contributed by atoms with E-state index in [1.165, 1.54) is 51.4 Å². The first kappa shape index (κ1) is 60.6. The van der Waals surface area contributed by atoms with Crippen molar-refractivity contribution < 1.29 is 89.4 Å². The van der Waals surface area contributed by atoms with Crippen LogP contribution < -0.4 is 5.32 Å². The predicted octanol–water partition coefficient (Wildman–Crippen LogP) is 1.64. The molecule has 0 radical (unpaired) electrons. The van der Waals surface area contributed by atoms with Gasteiger partial charge in [0.25, 0.3) is 0 Å². The number of allylic oxidation sites excluding steroid dienone is 3. The maximum atomic E-state index is 13.2. The first-order chi connectivity index (χ1) is 32.8. The third-order valence-corrected chi connectivity index (χ3v) is 13.0. The highest BCUT2D eigenvalue weighted by Gasteiger charge is 2.53. The molecule has 3 rings (SSSR count). The molecule has 0 saturated carbocycles. The molecule has 1 amide bonds. The lowest BCUT2D eigenvalue weighted by atomic mass is 9.96. The van der Waals surface area contributed by atoms with Crippen LogP contribution in [-0.2, 0) is 33.2 Å². The number of hydrogen-bond donors (Lipinski definition) is 12. The van der Waals surface area contributed by atoms with Gasteiger partial charge in [0.05, 0.1) is 38.6 Å². The molecule has 3 aliphatic heterocycles. The number of aliphatic hydroxyl groups is 11. The van der Waals surface area contributed by atoms with E-state index in [-0.39, 0.29) is 18.9 Å². The van der Waals surface area contributed by atoms with Crippen LogP contribution in [0.1, 0.15) is 149 Å². The minimum Gasteiger partial charge on any atom is -0.394 e. The van der Waals surface area contributed by atoms with E-state index in [2.05, 4.69) is 31.3 Å². The molecule has 0 bridgehead atoms. The van der Waals surface area contributed by atoms with Gasteiger partial charge in [0.2, 0.25) is 5.91 Å². The Hall–Kier alpha value is -1.73. The number of nitrogens with one attached hydrogen (secondary N) is 1. The molecule has 398 valence electrons. The van der Waals surface area contributed by atoms with Crippen LogP contribution in [0.3, 0.4) is 0 Å². The zero-order valence-electron chi connectivity index (χ0n) is 40.6. The van der Waals surface area contributed by atoms with E-state index < -0.39 is 124 Å². The second kappa shape index (κ2) is 34.6. The van der Waals surface area contributed by atoms with Gasteiger partial charge >= 0.3 is 0 Å². The van der Waals surface area contributed by atoms with Crippen LogP contribution in [0.4, 0.5) is 0 Å². The average Bonchev–Trinajstić information content (AvgIpc) is 3.33. The number of unbranched alkanes of at least 4 members (excludes halogenated alkanes) is 17. The zero-order chi connectivity index (χ0) is 49.8. The Morgan fingerprint density at radius 2 is 0.926 bits per heavy atom. The number of hydrogen-bond acceptors (Lipinski definition) is 18. The fourth-order valence-electron chi connectivity index (χ4n) is 8.65. The number of aliphatic hydroxyl groups excluding tert-OH is 11. The van der Waals surface area contributed by atoms with Crippen molar-refractivity contribution in [3.8, 4) is 0 Å². The second-order valence-corrected chi connectivity index (χ2v) is 18.6. The summed E-state index contributed by atoms with van der Waals surface area (Å²) in [5, 5.41) is 119. The molecule has 3 aliphatic rings. The smallest absolute Gasteiger partial charge is 0.220 e. The van der Waals surface area contributed by atoms with Gasteiger partial charge in [-0.15, -0.1) is 0 Å². The van der Waals surface area contributed by atoms with Crippen molar-refractivity contribution in [2.45, 2.75) is 253 Å². The van der Waals surface area contributed by atoms with Crippen molar-refractivity contribution in [1.29, 1.82) is 0 Å². The molecule has 0 aromatic rings. The van der Waals surface area contributed by atoms with Crippen LogP contribution in [0.5, 0.6) is 0 Å². The topological polar surface area (TPSA) is 307 Å². The molecule has 0 spiro atoms. The van der Waals surface area contributed by atoms with E-state index in [1.807, 2.05) is 6.08 Å². The minimum absolute atomic E-state index is 0.233. The Morgan fingerprint density at radius 3 is 1.43 bits per heavy atom. The second-order valence-electron chi connectivity index (χ2n) is 18.6. The summed E-state index contributed by atoms with van der Waals surface area (Å²) >= 11 is 0. The normalized spacial score (nSPS) is 33.3. The van der Waals surface area contributed by atoms with E-state index in [0.29, 0.717) is 6.42 Å². The summed E-state index contributed by atoms with van der Waals surface area (Å²) in [6.45, 7) is 1.62. The zero-order valence-corrected chi connectivity index (χ0v) is 40.6. The molecule has 3 saturated heterocycles. The van der Waals surface area contributed by atoms with E-state index in [9.17, 15) is 61.0 Å². The highest BCUT2D eigenvalue weighted by Crippen LogP contribution is 2.33. The molecule has 12 N–H and O–H groups in total. The van der Waals surface area contributed by atoms with Gasteiger partial charge in [-0.2, -0.15) is 0 Å². The Kier molecular flexibility index (Phi) is 30.8. The third kappa shape index (κ3) is 20.4. The Labute approximate surface area is 403 Å². The first-order valence-corrected chi connectivity index (χ1v) is 25.6. The maximum absolute atomic E-state index is 13.2. The van der Waals surface area contributed by atoms with Crippen molar-refractivity contribution in [1.82, 2.24) is 5.32 Å². The maximum Gasteiger partial charge on any atom is 0.220 e. The van der Waals surface area contributed by atoms with Gasteiger partial charge in [-0.3, -0.25) is 4.79 Å². The van der Waals surface area contributed by atoms with Gasteiger partial charge in [-0.25, -0.2) is 0 Å². The fraction of sp³-hybridized carbons (Fsp3) is 0.898. The summed E-state index contributed by atoms with van der Waals surface area (Å²) in [6, 6.07) is -0.971. The molecule has 3 heterocycles. The quantitative estimate of drug-likeness (QED) is 0.0317. The van der Waals surface area contributed by atoms with Crippen LogP contribution in [0.15, 0.2) is 24.3 Å². The summed E-state index contributed by atoms with van der Waals surface area (Å²) in [7, 11) is 0. The van der Waals surface area contributed by atoms with Gasteiger partial charge < -0.3 is 89.9 Å². The van der Waals surface area contributed by atoms with Gasteiger partial charge in [-0.1, -0.05) is 122 Å². The van der Waals surface area contributed by atoms with Crippen molar-refractivity contribution in [2.75, 3.05) is 26.4 Å². The Balaban J connectivity index is 1.55. The molecule has 3 fully saturated rings. The summed E-state index contributed by atoms with van der Waals surface area (Å²) in [5.41, 5.74) is 0. The number of ether oxygens (including phenoxy) is 6. The van der Waals surface area contributed by atoms with E-state index in [1.54, 1.807) is 6.08 Å². The summed E-state index contributed by atoms with van der Waals surface area (Å²) in [6.07, 6.45) is 3.49. The first-order valence-electron chi connectivity index (χ1n) is 25.6. The number of rotatable bonds is 35. The molecular weight excluding hydrogens is 891 g/mol. The molecule has 19 heteroatoms. The van der Waals surface area contributed by atoms with Crippen LogP contribution in [-0.4, -0.2) is 193 Å². The van der Waals surface area contributed by atoms with E-state index in [0.717, 1.165) is 70.6 Å². The highest BCUT2D eigenvalue weighted by atomic mass is 16.8. The number of carbonyl (C=O) groups excluding carboxylic acids is 1. The predicted molar refractivity (Wildman–Crippen MR) is 250 cm³/mol. The van der Waals surface area contributed by atoms with E-state index >= 15 is 0 Å². The summed E-state index contributed by atoms with van der Waals surface area (Å²) < 4.78 is 34.0. The van der Waals surface area contributed by atoms with Crippen molar-refractivity contribution >= 4 is 5.91 Å². The van der Waals surface area contributed by atoms with Crippen LogP contribution in [0.25, 0.3) is 0 Å². The van der Waals surface area contributed by atoms with E-state index in [4.69, 9.17) is 28.4 Å². The van der Waals surface area contributed by atoms with Gasteiger partial charge in [-0.05, 0) is 44.9 Å². The SMILES string of the molecule is CCCCCCCC/C=C\CCCCCCCC(=O)NC(COC1OC(CO)C(OC2OC(CO)C(OC3OC(CO)C(O)C(O)C3O)C(O)C2O)C(O)C1O)C(O)/C=C/CCCCCCCC. The lowest BCUT2D eigenvalue weighted by molar-refractivity contribution is -0.379. The van der Waals surface area contributed by atoms with Crippen molar-refractivity contribution in [3.63, 3.8) is 0 Å². The molecule has 19 nitrogen and oxygen atoms in total. The average molecular weight is 980 g/mol. The number of carbonyl (C=O) groups is 1. The van der Waals surface area contributed by atoms with Crippen LogP contribution in [0.2, 0.25) is 0 Å². The van der Waals surface area contributed by atoms with Crippen molar-refractivity contribution in [2.24, 2.45) is 0 Å².